The molecule has 9 rings (SSSR count). The van der Waals surface area contributed by atoms with Crippen LogP contribution in [0.5, 0.6) is 0 Å². The van der Waals surface area contributed by atoms with E-state index in [0.29, 0.717) is 16.9 Å². The fourth-order valence-corrected chi connectivity index (χ4v) is 7.28. The average molecular weight is 675 g/mol. The van der Waals surface area contributed by atoms with Gasteiger partial charge in [0.25, 0.3) is 0 Å². The fraction of sp³-hybridized carbons (Fsp3) is 0. The lowest BCUT2D eigenvalue weighted by Gasteiger charge is -2.16. The summed E-state index contributed by atoms with van der Waals surface area (Å²) in [7, 11) is 0. The number of nitrogens with zero attached hydrogens (tertiary/aromatic N) is 4. The van der Waals surface area contributed by atoms with Crippen molar-refractivity contribution in [1.82, 2.24) is 9.55 Å². The van der Waals surface area contributed by atoms with Crippen LogP contribution < -0.4 is 0 Å². The van der Waals surface area contributed by atoms with E-state index in [4.69, 9.17) is 11.6 Å². The van der Waals surface area contributed by atoms with Crippen molar-refractivity contribution in [2.45, 2.75) is 0 Å². The summed E-state index contributed by atoms with van der Waals surface area (Å²) in [5.41, 5.74) is 12.8. The van der Waals surface area contributed by atoms with E-state index in [1.54, 1.807) is 0 Å². The molecule has 4 heteroatoms. The van der Waals surface area contributed by atoms with Gasteiger partial charge in [-0.2, -0.15) is 5.26 Å². The summed E-state index contributed by atoms with van der Waals surface area (Å²) in [6, 6.07) is 64.2. The Morgan fingerprint density at radius 3 is 1.32 bits per heavy atom. The second-order valence-electron chi connectivity index (χ2n) is 13.0. The summed E-state index contributed by atoms with van der Waals surface area (Å²) in [5, 5.41) is 13.0. The van der Waals surface area contributed by atoms with Crippen LogP contribution in [0.3, 0.4) is 0 Å². The Morgan fingerprint density at radius 1 is 0.453 bits per heavy atom. The van der Waals surface area contributed by atoms with Crippen LogP contribution in [0.4, 0.5) is 5.69 Å². The smallest absolute Gasteiger partial charge is 0.212 e. The monoisotopic (exact) mass is 674 g/mol. The van der Waals surface area contributed by atoms with Gasteiger partial charge in [0.1, 0.15) is 0 Å². The van der Waals surface area contributed by atoms with Crippen LogP contribution in [0.2, 0.25) is 0 Å². The van der Waals surface area contributed by atoms with Gasteiger partial charge in [-0.25, -0.2) is 9.83 Å². The molecule has 0 saturated carbocycles. The maximum absolute atomic E-state index is 10.9. The third-order valence-electron chi connectivity index (χ3n) is 9.83. The maximum Gasteiger partial charge on any atom is 0.212 e. The Hall–Kier alpha value is -7.53. The van der Waals surface area contributed by atoms with Gasteiger partial charge in [0, 0.05) is 21.9 Å². The number of aromatic nitrogens is 2. The molecule has 7 aromatic carbocycles. The molecule has 0 aliphatic rings. The molecule has 0 saturated heterocycles. The standard InChI is InChI=1S/C49H30N4/c1-51-46-29-39(40-27-44(35-18-10-4-11-19-35)52-45(28-40)36-20-12-5-13-21-36)26-41(32-50)49(46)53-47-30-37(33-14-6-2-7-15-33)22-24-42(47)43-25-23-38(31-48(43)53)34-16-8-3-9-17-34/h2-31H. The Kier molecular flexibility index (Phi) is 7.90. The molecular weight excluding hydrogens is 645 g/mol. The van der Waals surface area contributed by atoms with E-state index >= 15 is 0 Å². The van der Waals surface area contributed by atoms with Crippen molar-refractivity contribution in [2.24, 2.45) is 0 Å². The van der Waals surface area contributed by atoms with Gasteiger partial charge in [-0.15, -0.1) is 0 Å². The number of benzene rings is 7. The number of rotatable bonds is 6. The molecule has 0 atom stereocenters. The van der Waals surface area contributed by atoms with Crippen LogP contribution in [0.1, 0.15) is 5.56 Å². The van der Waals surface area contributed by atoms with Crippen LogP contribution >= 0.6 is 0 Å². The van der Waals surface area contributed by atoms with E-state index < -0.39 is 0 Å². The number of pyridine rings is 1. The molecule has 53 heavy (non-hydrogen) atoms. The SMILES string of the molecule is [C-]#[N+]c1cc(-c2cc(-c3ccccc3)nc(-c3ccccc3)c2)cc(C#N)c1-n1c2cc(-c3ccccc3)ccc2c2ccc(-c3ccccc3)cc21. The van der Waals surface area contributed by atoms with Crippen molar-refractivity contribution in [1.29, 1.82) is 5.26 Å². The van der Waals surface area contributed by atoms with Gasteiger partial charge >= 0.3 is 0 Å². The molecule has 0 aliphatic heterocycles. The normalized spacial score (nSPS) is 11.0. The summed E-state index contributed by atoms with van der Waals surface area (Å²) in [4.78, 5) is 9.17. The summed E-state index contributed by atoms with van der Waals surface area (Å²) in [6.07, 6.45) is 0. The van der Waals surface area contributed by atoms with Crippen LogP contribution in [0.25, 0.3) is 88.2 Å². The van der Waals surface area contributed by atoms with E-state index in [9.17, 15) is 5.26 Å². The molecule has 0 spiro atoms. The lowest BCUT2D eigenvalue weighted by atomic mass is 9.97. The molecule has 0 aliphatic carbocycles. The van der Waals surface area contributed by atoms with Crippen molar-refractivity contribution < 1.29 is 0 Å². The molecule has 9 aromatic rings. The van der Waals surface area contributed by atoms with Crippen molar-refractivity contribution in [3.05, 3.63) is 199 Å². The Balaban J connectivity index is 1.31. The maximum atomic E-state index is 10.9. The molecule has 2 aromatic heterocycles. The topological polar surface area (TPSA) is 46.0 Å². The van der Waals surface area contributed by atoms with Gasteiger partial charge < -0.3 is 4.57 Å². The van der Waals surface area contributed by atoms with Gasteiger partial charge in [-0.05, 0) is 69.8 Å². The van der Waals surface area contributed by atoms with Crippen molar-refractivity contribution in [3.8, 4) is 67.7 Å². The van der Waals surface area contributed by atoms with Crippen molar-refractivity contribution >= 4 is 27.5 Å². The van der Waals surface area contributed by atoms with Crippen LogP contribution in [0, 0.1) is 17.9 Å². The second-order valence-corrected chi connectivity index (χ2v) is 13.0. The summed E-state index contributed by atoms with van der Waals surface area (Å²) < 4.78 is 2.12. The van der Waals surface area contributed by atoms with Crippen LogP contribution in [0.15, 0.2) is 182 Å². The summed E-state index contributed by atoms with van der Waals surface area (Å²) >= 11 is 0. The molecule has 0 amide bonds. The highest BCUT2D eigenvalue weighted by Gasteiger charge is 2.21. The highest BCUT2D eigenvalue weighted by molar-refractivity contribution is 6.12. The molecule has 246 valence electrons. The highest BCUT2D eigenvalue weighted by Crippen LogP contribution is 2.42. The average Bonchev–Trinajstić information content (AvgIpc) is 3.56. The van der Waals surface area contributed by atoms with Crippen molar-refractivity contribution in [3.63, 3.8) is 0 Å². The van der Waals surface area contributed by atoms with E-state index in [-0.39, 0.29) is 0 Å². The van der Waals surface area contributed by atoms with Crippen LogP contribution in [-0.4, -0.2) is 9.55 Å². The van der Waals surface area contributed by atoms with E-state index in [1.165, 1.54) is 0 Å². The fourth-order valence-electron chi connectivity index (χ4n) is 7.28. The lowest BCUT2D eigenvalue weighted by Crippen LogP contribution is -2.00. The first-order valence-electron chi connectivity index (χ1n) is 17.5. The van der Waals surface area contributed by atoms with Gasteiger partial charge in [0.2, 0.25) is 5.69 Å². The van der Waals surface area contributed by atoms with E-state index in [1.807, 2.05) is 121 Å². The molecule has 0 radical (unpaired) electrons. The molecular formula is C49H30N4. The number of fused-ring (bicyclic) bond motifs is 3. The predicted molar refractivity (Wildman–Crippen MR) is 217 cm³/mol. The summed E-state index contributed by atoms with van der Waals surface area (Å²) in [6.45, 7) is 8.53. The number of nitriles is 1. The predicted octanol–water partition coefficient (Wildman–Crippen LogP) is 12.9. The van der Waals surface area contributed by atoms with Gasteiger partial charge in [-0.1, -0.05) is 146 Å². The quantitative estimate of drug-likeness (QED) is 0.165. The molecule has 0 N–H and O–H groups in total. The minimum absolute atomic E-state index is 0.396. The first-order chi connectivity index (χ1) is 26.2. The zero-order valence-electron chi connectivity index (χ0n) is 28.6. The second kappa shape index (κ2) is 13.3. The van der Waals surface area contributed by atoms with Crippen LogP contribution in [-0.2, 0) is 0 Å². The number of hydrogen-bond donors (Lipinski definition) is 0. The number of hydrogen-bond acceptors (Lipinski definition) is 2. The van der Waals surface area contributed by atoms with Gasteiger partial charge in [-0.3, -0.25) is 0 Å². The zero-order valence-corrected chi connectivity index (χ0v) is 28.6. The van der Waals surface area contributed by atoms with E-state index in [2.05, 4.69) is 76.1 Å². The van der Waals surface area contributed by atoms with Gasteiger partial charge in [0.05, 0.1) is 46.3 Å². The van der Waals surface area contributed by atoms with Crippen molar-refractivity contribution in [2.75, 3.05) is 0 Å². The molecule has 4 nitrogen and oxygen atoms in total. The first-order valence-corrected chi connectivity index (χ1v) is 17.5. The third-order valence-corrected chi connectivity index (χ3v) is 9.83. The Bertz CT molecular complexity index is 2690. The summed E-state index contributed by atoms with van der Waals surface area (Å²) in [5.74, 6) is 0. The first kappa shape index (κ1) is 31.5. The Morgan fingerprint density at radius 2 is 0.887 bits per heavy atom. The van der Waals surface area contributed by atoms with E-state index in [0.717, 1.165) is 77.7 Å². The minimum atomic E-state index is 0.396. The zero-order chi connectivity index (χ0) is 35.7. The molecule has 0 fully saturated rings. The lowest BCUT2D eigenvalue weighted by molar-refractivity contribution is 1.17. The minimum Gasteiger partial charge on any atom is -0.318 e. The largest absolute Gasteiger partial charge is 0.318 e. The molecule has 0 bridgehead atoms. The molecule has 2 heterocycles. The Labute approximate surface area is 308 Å². The van der Waals surface area contributed by atoms with Gasteiger partial charge in [0.15, 0.2) is 0 Å². The third kappa shape index (κ3) is 5.71. The highest BCUT2D eigenvalue weighted by atomic mass is 15.0. The molecule has 0 unspecified atom stereocenters.